The molecule has 1 aliphatic heterocycles. The predicted molar refractivity (Wildman–Crippen MR) is 69.6 cm³/mol. The molecule has 0 radical (unpaired) electrons. The number of rotatable bonds is 8. The first-order valence-corrected chi connectivity index (χ1v) is 7.18. The topological polar surface area (TPSA) is 9.23 Å². The molecule has 2 heteroatoms. The second-order valence-electron chi connectivity index (χ2n) is 5.52. The SMILES string of the molecule is CCCCCCCCC[N+]1(C)CCOCC1. The highest BCUT2D eigenvalue weighted by Gasteiger charge is 2.23. The normalized spacial score (nSPS) is 19.9. The van der Waals surface area contributed by atoms with Gasteiger partial charge < -0.3 is 9.22 Å². The maximum absolute atomic E-state index is 5.42. The number of likely N-dealkylation sites (N-methyl/N-ethyl adjacent to an activating group) is 1. The summed E-state index contributed by atoms with van der Waals surface area (Å²) >= 11 is 0. The summed E-state index contributed by atoms with van der Waals surface area (Å²) < 4.78 is 6.67. The third-order valence-electron chi connectivity index (χ3n) is 3.85. The minimum absolute atomic E-state index is 0.965. The van der Waals surface area contributed by atoms with Crippen molar-refractivity contribution in [2.75, 3.05) is 39.9 Å². The van der Waals surface area contributed by atoms with Crippen molar-refractivity contribution in [2.45, 2.75) is 51.9 Å². The van der Waals surface area contributed by atoms with Gasteiger partial charge in [-0.05, 0) is 12.8 Å². The van der Waals surface area contributed by atoms with Crippen LogP contribution in [-0.4, -0.2) is 44.4 Å². The largest absolute Gasteiger partial charge is 0.370 e. The molecule has 0 spiro atoms. The summed E-state index contributed by atoms with van der Waals surface area (Å²) in [6.07, 6.45) is 9.94. The summed E-state index contributed by atoms with van der Waals surface area (Å²) in [6, 6.07) is 0. The average molecular weight is 228 g/mol. The lowest BCUT2D eigenvalue weighted by atomic mass is 10.1. The molecule has 1 rings (SSSR count). The van der Waals surface area contributed by atoms with E-state index in [1.165, 1.54) is 69.1 Å². The molecule has 0 aromatic rings. The van der Waals surface area contributed by atoms with Crippen LogP contribution in [0.25, 0.3) is 0 Å². The third-order valence-corrected chi connectivity index (χ3v) is 3.85. The van der Waals surface area contributed by atoms with Crippen LogP contribution in [0.2, 0.25) is 0 Å². The number of ether oxygens (including phenoxy) is 1. The standard InChI is InChI=1S/C14H30NO/c1-3-4-5-6-7-8-9-10-15(2)11-13-16-14-12-15/h3-14H2,1-2H3/q+1. The van der Waals surface area contributed by atoms with E-state index in [0.29, 0.717) is 0 Å². The molecule has 0 aliphatic carbocycles. The zero-order valence-corrected chi connectivity index (χ0v) is 11.3. The van der Waals surface area contributed by atoms with Gasteiger partial charge in [0.05, 0.1) is 26.8 Å². The Morgan fingerprint density at radius 2 is 1.44 bits per heavy atom. The van der Waals surface area contributed by atoms with E-state index in [1.807, 2.05) is 0 Å². The quantitative estimate of drug-likeness (QED) is 0.458. The van der Waals surface area contributed by atoms with E-state index in [0.717, 1.165) is 13.2 Å². The summed E-state index contributed by atoms with van der Waals surface area (Å²) in [5.74, 6) is 0. The van der Waals surface area contributed by atoms with Gasteiger partial charge in [-0.15, -0.1) is 0 Å². The van der Waals surface area contributed by atoms with E-state index >= 15 is 0 Å². The van der Waals surface area contributed by atoms with Gasteiger partial charge in [-0.2, -0.15) is 0 Å². The maximum atomic E-state index is 5.42. The van der Waals surface area contributed by atoms with Crippen molar-refractivity contribution in [2.24, 2.45) is 0 Å². The number of morpholine rings is 1. The number of hydrogen-bond donors (Lipinski definition) is 0. The fraction of sp³-hybridized carbons (Fsp3) is 1.00. The molecule has 1 fully saturated rings. The van der Waals surface area contributed by atoms with Gasteiger partial charge in [-0.25, -0.2) is 0 Å². The smallest absolute Gasteiger partial charge is 0.102 e. The Morgan fingerprint density at radius 1 is 0.875 bits per heavy atom. The van der Waals surface area contributed by atoms with Crippen molar-refractivity contribution in [1.29, 1.82) is 0 Å². The molecular weight excluding hydrogens is 198 g/mol. The molecule has 2 nitrogen and oxygen atoms in total. The lowest BCUT2D eigenvalue weighted by Crippen LogP contribution is -2.52. The molecule has 96 valence electrons. The van der Waals surface area contributed by atoms with E-state index in [4.69, 9.17) is 4.74 Å². The molecular formula is C14H30NO+. The first-order valence-electron chi connectivity index (χ1n) is 7.18. The average Bonchev–Trinajstić information content (AvgIpc) is 2.29. The van der Waals surface area contributed by atoms with Crippen molar-refractivity contribution >= 4 is 0 Å². The van der Waals surface area contributed by atoms with Gasteiger partial charge in [0, 0.05) is 0 Å². The zero-order valence-electron chi connectivity index (χ0n) is 11.3. The van der Waals surface area contributed by atoms with Gasteiger partial charge in [0.2, 0.25) is 0 Å². The molecule has 1 saturated heterocycles. The Balaban J connectivity index is 1.93. The second kappa shape index (κ2) is 8.08. The zero-order chi connectivity index (χ0) is 11.7. The van der Waals surface area contributed by atoms with Crippen LogP contribution in [0, 0.1) is 0 Å². The molecule has 1 aliphatic rings. The summed E-state index contributed by atoms with van der Waals surface area (Å²) in [5, 5.41) is 0. The molecule has 0 aromatic heterocycles. The molecule has 0 aromatic carbocycles. The molecule has 0 unspecified atom stereocenters. The Labute approximate surface area is 102 Å². The number of unbranched alkanes of at least 4 members (excludes halogenated alkanes) is 6. The van der Waals surface area contributed by atoms with Gasteiger partial charge in [0.25, 0.3) is 0 Å². The Hall–Kier alpha value is -0.0800. The summed E-state index contributed by atoms with van der Waals surface area (Å²) in [4.78, 5) is 0. The molecule has 16 heavy (non-hydrogen) atoms. The lowest BCUT2D eigenvalue weighted by molar-refractivity contribution is -0.917. The van der Waals surface area contributed by atoms with Crippen LogP contribution in [0.4, 0.5) is 0 Å². The predicted octanol–water partition coefficient (Wildman–Crippen LogP) is 3.21. The van der Waals surface area contributed by atoms with Crippen molar-refractivity contribution < 1.29 is 9.22 Å². The van der Waals surface area contributed by atoms with Gasteiger partial charge in [0.1, 0.15) is 13.1 Å². The first-order chi connectivity index (χ1) is 7.77. The fourth-order valence-corrected chi connectivity index (χ4v) is 2.46. The van der Waals surface area contributed by atoms with Crippen LogP contribution in [0.1, 0.15) is 51.9 Å². The van der Waals surface area contributed by atoms with Gasteiger partial charge >= 0.3 is 0 Å². The summed E-state index contributed by atoms with van der Waals surface area (Å²) in [6.45, 7) is 8.01. The Morgan fingerprint density at radius 3 is 2.06 bits per heavy atom. The molecule has 0 N–H and O–H groups in total. The molecule has 0 saturated carbocycles. The highest BCUT2D eigenvalue weighted by molar-refractivity contribution is 4.49. The number of nitrogens with zero attached hydrogens (tertiary/aromatic N) is 1. The number of quaternary nitrogens is 1. The minimum Gasteiger partial charge on any atom is -0.370 e. The van der Waals surface area contributed by atoms with Crippen LogP contribution in [0.3, 0.4) is 0 Å². The van der Waals surface area contributed by atoms with Gasteiger partial charge in [0.15, 0.2) is 0 Å². The first kappa shape index (κ1) is 14.0. The molecule has 0 amide bonds. The highest BCUT2D eigenvalue weighted by Crippen LogP contribution is 2.12. The van der Waals surface area contributed by atoms with Gasteiger partial charge in [-0.1, -0.05) is 39.0 Å². The maximum Gasteiger partial charge on any atom is 0.102 e. The lowest BCUT2D eigenvalue weighted by Gasteiger charge is -2.37. The monoisotopic (exact) mass is 228 g/mol. The Bertz CT molecular complexity index is 164. The van der Waals surface area contributed by atoms with Crippen LogP contribution >= 0.6 is 0 Å². The van der Waals surface area contributed by atoms with Crippen molar-refractivity contribution in [3.8, 4) is 0 Å². The molecule has 0 atom stereocenters. The van der Waals surface area contributed by atoms with Crippen molar-refractivity contribution in [3.63, 3.8) is 0 Å². The highest BCUT2D eigenvalue weighted by atomic mass is 16.5. The van der Waals surface area contributed by atoms with E-state index in [2.05, 4.69) is 14.0 Å². The fourth-order valence-electron chi connectivity index (χ4n) is 2.46. The number of hydrogen-bond acceptors (Lipinski definition) is 1. The van der Waals surface area contributed by atoms with E-state index in [-0.39, 0.29) is 0 Å². The van der Waals surface area contributed by atoms with Crippen LogP contribution in [-0.2, 0) is 4.74 Å². The van der Waals surface area contributed by atoms with E-state index in [1.54, 1.807) is 0 Å². The Kier molecular flexibility index (Phi) is 7.06. The second-order valence-corrected chi connectivity index (χ2v) is 5.52. The van der Waals surface area contributed by atoms with Crippen LogP contribution in [0.15, 0.2) is 0 Å². The third kappa shape index (κ3) is 5.86. The van der Waals surface area contributed by atoms with E-state index < -0.39 is 0 Å². The van der Waals surface area contributed by atoms with Crippen molar-refractivity contribution in [1.82, 2.24) is 0 Å². The molecule has 0 bridgehead atoms. The van der Waals surface area contributed by atoms with Crippen molar-refractivity contribution in [3.05, 3.63) is 0 Å². The van der Waals surface area contributed by atoms with Crippen LogP contribution in [0.5, 0.6) is 0 Å². The van der Waals surface area contributed by atoms with E-state index in [9.17, 15) is 0 Å². The summed E-state index contributed by atoms with van der Waals surface area (Å²) in [5.41, 5.74) is 0. The van der Waals surface area contributed by atoms with Gasteiger partial charge in [-0.3, -0.25) is 0 Å². The van der Waals surface area contributed by atoms with Crippen LogP contribution < -0.4 is 0 Å². The minimum atomic E-state index is 0.965. The molecule has 1 heterocycles. The summed E-state index contributed by atoms with van der Waals surface area (Å²) in [7, 11) is 2.39.